The van der Waals surface area contributed by atoms with Gasteiger partial charge >= 0.3 is 6.03 Å². The highest BCUT2D eigenvalue weighted by Crippen LogP contribution is 2.29. The van der Waals surface area contributed by atoms with Crippen molar-refractivity contribution >= 4 is 45.5 Å². The maximum Gasteiger partial charge on any atom is 0.335 e. The van der Waals surface area contributed by atoms with Gasteiger partial charge in [0.25, 0.3) is 11.8 Å². The second-order valence-corrected chi connectivity index (χ2v) is 9.70. The molecule has 0 spiro atoms. The average Bonchev–Trinajstić information content (AvgIpc) is 2.95. The van der Waals surface area contributed by atoms with E-state index in [1.54, 1.807) is 60.7 Å². The molecule has 4 aromatic rings. The van der Waals surface area contributed by atoms with Crippen molar-refractivity contribution in [3.05, 3.63) is 130 Å². The Morgan fingerprint density at radius 2 is 1.55 bits per heavy atom. The molecule has 0 unspecified atom stereocenters. The molecule has 1 N–H and O–H groups in total. The molecule has 1 fully saturated rings. The predicted octanol–water partition coefficient (Wildman–Crippen LogP) is 6.41. The molecule has 1 aliphatic rings. The number of carbonyl (C=O) groups excluding carboxylic acids is 3. The molecule has 0 saturated carbocycles. The first-order valence-corrected chi connectivity index (χ1v) is 13.0. The van der Waals surface area contributed by atoms with Crippen LogP contribution in [-0.4, -0.2) is 17.8 Å². The highest BCUT2D eigenvalue weighted by atomic mass is 79.9. The number of rotatable bonds is 8. The molecule has 0 aromatic heterocycles. The number of imide groups is 2. The maximum atomic E-state index is 14.1. The molecule has 5 rings (SSSR count). The Morgan fingerprint density at radius 3 is 2.30 bits per heavy atom. The third-order valence-corrected chi connectivity index (χ3v) is 6.55. The van der Waals surface area contributed by atoms with Gasteiger partial charge in [0.15, 0.2) is 0 Å². The van der Waals surface area contributed by atoms with Gasteiger partial charge in [-0.05, 0) is 60.2 Å². The molecule has 200 valence electrons. The van der Waals surface area contributed by atoms with E-state index in [1.165, 1.54) is 12.1 Å². The minimum Gasteiger partial charge on any atom is -0.489 e. The predicted molar refractivity (Wildman–Crippen MR) is 151 cm³/mol. The molecule has 4 amide bonds. The summed E-state index contributed by atoms with van der Waals surface area (Å²) in [6, 6.07) is 26.4. The van der Waals surface area contributed by atoms with Gasteiger partial charge in [0.1, 0.15) is 36.1 Å². The molecular weight excluding hydrogens is 579 g/mol. The molecule has 0 radical (unpaired) electrons. The second-order valence-electron chi connectivity index (χ2n) is 8.79. The first-order valence-electron chi connectivity index (χ1n) is 12.2. The Labute approximate surface area is 238 Å². The molecule has 4 aromatic carbocycles. The molecule has 0 aliphatic carbocycles. The molecule has 1 heterocycles. The van der Waals surface area contributed by atoms with Crippen molar-refractivity contribution in [3.8, 4) is 11.5 Å². The fourth-order valence-corrected chi connectivity index (χ4v) is 4.39. The Kier molecular flexibility index (Phi) is 8.02. The smallest absolute Gasteiger partial charge is 0.335 e. The van der Waals surface area contributed by atoms with Crippen LogP contribution in [0.25, 0.3) is 6.08 Å². The molecule has 9 heteroatoms. The molecule has 0 atom stereocenters. The third-order valence-electron chi connectivity index (χ3n) is 6.06. The zero-order valence-corrected chi connectivity index (χ0v) is 22.6. The van der Waals surface area contributed by atoms with Gasteiger partial charge in [-0.2, -0.15) is 0 Å². The van der Waals surface area contributed by atoms with Crippen molar-refractivity contribution in [2.45, 2.75) is 13.2 Å². The number of halogens is 2. The van der Waals surface area contributed by atoms with Gasteiger partial charge in [-0.3, -0.25) is 14.9 Å². The van der Waals surface area contributed by atoms with E-state index in [0.717, 1.165) is 10.5 Å². The molecule has 0 bridgehead atoms. The Hall–Kier alpha value is -4.76. The summed E-state index contributed by atoms with van der Waals surface area (Å²) in [5, 5.41) is 2.21. The first kappa shape index (κ1) is 26.8. The monoisotopic (exact) mass is 600 g/mol. The number of nitrogens with one attached hydrogen (secondary N) is 1. The quantitative estimate of drug-likeness (QED) is 0.186. The third kappa shape index (κ3) is 6.10. The van der Waals surface area contributed by atoms with Crippen molar-refractivity contribution in [1.82, 2.24) is 5.32 Å². The average molecular weight is 601 g/mol. The maximum absolute atomic E-state index is 14.1. The normalized spacial score (nSPS) is 14.3. The van der Waals surface area contributed by atoms with E-state index < -0.39 is 23.7 Å². The van der Waals surface area contributed by atoms with Gasteiger partial charge in [0.05, 0.1) is 5.69 Å². The van der Waals surface area contributed by atoms with Crippen LogP contribution >= 0.6 is 15.9 Å². The largest absolute Gasteiger partial charge is 0.489 e. The summed E-state index contributed by atoms with van der Waals surface area (Å²) >= 11 is 3.38. The van der Waals surface area contributed by atoms with E-state index in [4.69, 9.17) is 9.47 Å². The zero-order chi connectivity index (χ0) is 28.1. The highest BCUT2D eigenvalue weighted by molar-refractivity contribution is 9.10. The summed E-state index contributed by atoms with van der Waals surface area (Å²) in [4.78, 5) is 39.7. The van der Waals surface area contributed by atoms with Crippen LogP contribution in [0, 0.1) is 5.82 Å². The van der Waals surface area contributed by atoms with Crippen LogP contribution in [0.3, 0.4) is 0 Å². The van der Waals surface area contributed by atoms with Crippen LogP contribution in [0.15, 0.2) is 107 Å². The van der Waals surface area contributed by atoms with Crippen molar-refractivity contribution in [2.24, 2.45) is 0 Å². The van der Waals surface area contributed by atoms with Crippen LogP contribution in [0.2, 0.25) is 0 Å². The van der Waals surface area contributed by atoms with Crippen LogP contribution in [0.5, 0.6) is 11.5 Å². The number of barbiturate groups is 1. The van der Waals surface area contributed by atoms with Crippen LogP contribution in [0.4, 0.5) is 14.9 Å². The highest BCUT2D eigenvalue weighted by Gasteiger charge is 2.37. The fraction of sp³-hybridized carbons (Fsp3) is 0.0645. The molecule has 40 heavy (non-hydrogen) atoms. The topological polar surface area (TPSA) is 84.9 Å². The molecular formula is C31H22BrFN2O5. The van der Waals surface area contributed by atoms with Crippen molar-refractivity contribution < 1.29 is 28.2 Å². The van der Waals surface area contributed by atoms with E-state index in [1.807, 2.05) is 30.3 Å². The van der Waals surface area contributed by atoms with Crippen LogP contribution in [0.1, 0.15) is 16.7 Å². The van der Waals surface area contributed by atoms with Crippen molar-refractivity contribution in [3.63, 3.8) is 0 Å². The van der Waals surface area contributed by atoms with Gasteiger partial charge in [-0.15, -0.1) is 0 Å². The number of amides is 4. The Balaban J connectivity index is 1.37. The molecule has 1 aliphatic heterocycles. The number of urea groups is 1. The number of carbonyl (C=O) groups is 3. The summed E-state index contributed by atoms with van der Waals surface area (Å²) in [7, 11) is 0. The lowest BCUT2D eigenvalue weighted by Gasteiger charge is -2.26. The second kappa shape index (κ2) is 12.0. The molecule has 1 saturated heterocycles. The number of hydrogen-bond acceptors (Lipinski definition) is 5. The summed E-state index contributed by atoms with van der Waals surface area (Å²) in [6.45, 7) is 0.298. The van der Waals surface area contributed by atoms with E-state index >= 15 is 0 Å². The lowest BCUT2D eigenvalue weighted by molar-refractivity contribution is -0.122. The van der Waals surface area contributed by atoms with Gasteiger partial charge in [0.2, 0.25) is 0 Å². The van der Waals surface area contributed by atoms with E-state index in [-0.39, 0.29) is 17.9 Å². The number of anilines is 1. The summed E-state index contributed by atoms with van der Waals surface area (Å²) < 4.78 is 26.4. The number of benzene rings is 4. The van der Waals surface area contributed by atoms with Crippen LogP contribution < -0.4 is 19.7 Å². The summed E-state index contributed by atoms with van der Waals surface area (Å²) in [5.74, 6) is -1.18. The van der Waals surface area contributed by atoms with Crippen LogP contribution in [-0.2, 0) is 22.8 Å². The van der Waals surface area contributed by atoms with Crippen molar-refractivity contribution in [2.75, 3.05) is 4.90 Å². The minimum absolute atomic E-state index is 0.0616. The van der Waals surface area contributed by atoms with E-state index in [0.29, 0.717) is 33.7 Å². The van der Waals surface area contributed by atoms with Gasteiger partial charge in [-0.25, -0.2) is 14.1 Å². The Morgan fingerprint density at radius 1 is 0.825 bits per heavy atom. The van der Waals surface area contributed by atoms with Crippen molar-refractivity contribution in [1.29, 1.82) is 0 Å². The molecule has 7 nitrogen and oxygen atoms in total. The van der Waals surface area contributed by atoms with E-state index in [2.05, 4.69) is 21.2 Å². The SMILES string of the molecule is O=C1NC(=O)N(c2ccc(OCc3ccccc3)cc2)C(=O)/C1=C/c1cc(Br)ccc1OCc1ccccc1F. The summed E-state index contributed by atoms with van der Waals surface area (Å²) in [6.07, 6.45) is 1.34. The fourth-order valence-electron chi connectivity index (χ4n) is 4.01. The number of ether oxygens (including phenoxy) is 2. The zero-order valence-electron chi connectivity index (χ0n) is 21.0. The minimum atomic E-state index is -0.865. The van der Waals surface area contributed by atoms with Gasteiger partial charge in [0, 0.05) is 15.6 Å². The Bertz CT molecular complexity index is 1610. The lowest BCUT2D eigenvalue weighted by Crippen LogP contribution is -2.54. The number of hydrogen-bond donors (Lipinski definition) is 1. The van der Waals surface area contributed by atoms with Gasteiger partial charge in [-0.1, -0.05) is 64.5 Å². The number of nitrogens with zero attached hydrogens (tertiary/aromatic N) is 1. The van der Waals surface area contributed by atoms with E-state index in [9.17, 15) is 18.8 Å². The first-order chi connectivity index (χ1) is 19.4. The van der Waals surface area contributed by atoms with Gasteiger partial charge < -0.3 is 9.47 Å². The summed E-state index contributed by atoms with van der Waals surface area (Å²) in [5.41, 5.74) is 1.73. The standard InChI is InChI=1S/C31H22BrFN2O5/c32-23-10-15-28(40-19-21-8-4-5-9-27(21)33)22(16-23)17-26-29(36)34-31(38)35(30(26)37)24-11-13-25(14-12-24)39-18-20-6-2-1-3-7-20/h1-17H,18-19H2,(H,34,36,38)/b26-17+. The lowest BCUT2D eigenvalue weighted by atomic mass is 10.1.